The van der Waals surface area contributed by atoms with Crippen molar-refractivity contribution in [1.82, 2.24) is 0 Å². The highest BCUT2D eigenvalue weighted by Crippen LogP contribution is 2.42. The lowest BCUT2D eigenvalue weighted by Crippen LogP contribution is -2.21. The van der Waals surface area contributed by atoms with Crippen LogP contribution in [0.2, 0.25) is 0 Å². The van der Waals surface area contributed by atoms with Gasteiger partial charge in [0.25, 0.3) is 0 Å². The fourth-order valence-electron chi connectivity index (χ4n) is 3.88. The summed E-state index contributed by atoms with van der Waals surface area (Å²) in [6.45, 7) is 2.21. The molecule has 0 aromatic carbocycles. The van der Waals surface area contributed by atoms with E-state index < -0.39 is 5.97 Å². The van der Waals surface area contributed by atoms with Gasteiger partial charge in [-0.05, 0) is 56.1 Å². The van der Waals surface area contributed by atoms with E-state index in [1.807, 2.05) is 6.07 Å². The molecule has 1 saturated carbocycles. The van der Waals surface area contributed by atoms with Gasteiger partial charge < -0.3 is 10.2 Å². The molecule has 136 valence electrons. The molecular weight excluding hydrogens is 344 g/mol. The van der Waals surface area contributed by atoms with Gasteiger partial charge in [-0.1, -0.05) is 32.6 Å². The zero-order valence-electron chi connectivity index (χ0n) is 14.4. The van der Waals surface area contributed by atoms with Crippen LogP contribution in [0.5, 0.6) is 0 Å². The molecule has 1 heterocycles. The van der Waals surface area contributed by atoms with Gasteiger partial charge in [-0.2, -0.15) is 0 Å². The number of thiophene rings is 1. The summed E-state index contributed by atoms with van der Waals surface area (Å²) in [6, 6.07) is 3.60. The number of hydrogen-bond donors (Lipinski definition) is 2. The van der Waals surface area contributed by atoms with Crippen LogP contribution in [0, 0.1) is 11.8 Å². The van der Waals surface area contributed by atoms with Gasteiger partial charge in [-0.25, -0.2) is 4.79 Å². The minimum absolute atomic E-state index is 0.0779. The van der Waals surface area contributed by atoms with Gasteiger partial charge in [0.05, 0.1) is 6.10 Å². The van der Waals surface area contributed by atoms with Gasteiger partial charge in [0.15, 0.2) is 0 Å². The topological polar surface area (TPSA) is 57.5 Å². The number of aromatic carboxylic acids is 1. The Kier molecular flexibility index (Phi) is 8.05. The largest absolute Gasteiger partial charge is 0.477 e. The highest BCUT2D eigenvalue weighted by atomic mass is 35.5. The standard InChI is InChI=1S/C19H29ClO3S/c1-2-3-4-5-8-15-14(16(20)12-17(15)21)9-6-7-13-10-11-18(24-13)19(22)23/h10-11,14-17,21H,2-9,12H2,1H3,(H,22,23)/t14-,15-,16-,17-/m1/s1. The monoisotopic (exact) mass is 372 g/mol. The number of unbranched alkanes of at least 4 members (excludes halogenated alkanes) is 3. The Balaban J connectivity index is 1.80. The Labute approximate surface area is 154 Å². The van der Waals surface area contributed by atoms with Crippen molar-refractivity contribution in [1.29, 1.82) is 0 Å². The fraction of sp³-hybridized carbons (Fsp3) is 0.737. The van der Waals surface area contributed by atoms with Gasteiger partial charge in [0.2, 0.25) is 0 Å². The smallest absolute Gasteiger partial charge is 0.345 e. The quantitative estimate of drug-likeness (QED) is 0.430. The van der Waals surface area contributed by atoms with Crippen LogP contribution in [0.25, 0.3) is 0 Å². The van der Waals surface area contributed by atoms with Crippen LogP contribution in [0.3, 0.4) is 0 Å². The highest BCUT2D eigenvalue weighted by molar-refractivity contribution is 7.13. The third kappa shape index (κ3) is 5.47. The summed E-state index contributed by atoms with van der Waals surface area (Å²) in [6.07, 6.45) is 9.39. The Morgan fingerprint density at radius 2 is 1.96 bits per heavy atom. The summed E-state index contributed by atoms with van der Waals surface area (Å²) in [4.78, 5) is 12.5. The third-order valence-corrected chi connectivity index (χ3v) is 6.83. The van der Waals surface area contributed by atoms with Crippen LogP contribution in [0.1, 0.15) is 72.8 Å². The summed E-state index contributed by atoms with van der Waals surface area (Å²) in [5.74, 6) is -0.123. The summed E-state index contributed by atoms with van der Waals surface area (Å²) < 4.78 is 0. The second kappa shape index (κ2) is 9.79. The van der Waals surface area contributed by atoms with Crippen molar-refractivity contribution in [2.24, 2.45) is 11.8 Å². The number of hydrogen-bond acceptors (Lipinski definition) is 3. The lowest BCUT2D eigenvalue weighted by molar-refractivity contribution is 0.0702. The lowest BCUT2D eigenvalue weighted by Gasteiger charge is -2.23. The molecule has 4 atom stereocenters. The molecular formula is C19H29ClO3S. The van der Waals surface area contributed by atoms with Crippen LogP contribution in [-0.4, -0.2) is 27.7 Å². The fourth-order valence-corrected chi connectivity index (χ4v) is 5.27. The number of aryl methyl sites for hydroxylation is 1. The molecule has 1 fully saturated rings. The molecule has 3 nitrogen and oxygen atoms in total. The zero-order chi connectivity index (χ0) is 17.5. The number of carbonyl (C=O) groups is 1. The first-order valence-electron chi connectivity index (χ1n) is 9.17. The SMILES string of the molecule is CCCCCC[C@@H]1[C@@H](CCCc2ccc(C(=O)O)s2)[C@H](Cl)C[C@H]1O. The van der Waals surface area contributed by atoms with Crippen molar-refractivity contribution in [3.05, 3.63) is 21.9 Å². The van der Waals surface area contributed by atoms with E-state index in [2.05, 4.69) is 6.92 Å². The molecule has 2 rings (SSSR count). The molecule has 0 bridgehead atoms. The zero-order valence-corrected chi connectivity index (χ0v) is 16.0. The van der Waals surface area contributed by atoms with Gasteiger partial charge >= 0.3 is 5.97 Å². The number of alkyl halides is 1. The maximum atomic E-state index is 10.9. The normalized spacial score (nSPS) is 26.8. The highest BCUT2D eigenvalue weighted by Gasteiger charge is 2.40. The van der Waals surface area contributed by atoms with Crippen molar-refractivity contribution < 1.29 is 15.0 Å². The van der Waals surface area contributed by atoms with E-state index in [1.165, 1.54) is 37.0 Å². The molecule has 24 heavy (non-hydrogen) atoms. The van der Waals surface area contributed by atoms with Crippen LogP contribution < -0.4 is 0 Å². The average molecular weight is 373 g/mol. The molecule has 1 aliphatic carbocycles. The minimum atomic E-state index is -0.849. The number of carboxylic acids is 1. The first-order chi connectivity index (χ1) is 11.5. The second-order valence-electron chi connectivity index (χ2n) is 6.96. The summed E-state index contributed by atoms with van der Waals surface area (Å²) in [5.41, 5.74) is 0. The number of halogens is 1. The van der Waals surface area contributed by atoms with Crippen molar-refractivity contribution >= 4 is 28.9 Å². The number of carboxylic acid groups (broad SMARTS) is 1. The summed E-state index contributed by atoms with van der Waals surface area (Å²) in [5, 5.41) is 19.4. The molecule has 1 aromatic heterocycles. The molecule has 0 aliphatic heterocycles. The molecule has 2 N–H and O–H groups in total. The summed E-state index contributed by atoms with van der Waals surface area (Å²) >= 11 is 7.86. The Hall–Kier alpha value is -0.580. The number of rotatable bonds is 10. The Bertz CT molecular complexity index is 516. The van der Waals surface area contributed by atoms with Crippen LogP contribution >= 0.6 is 22.9 Å². The number of aliphatic hydroxyl groups is 1. The minimum Gasteiger partial charge on any atom is -0.477 e. The summed E-state index contributed by atoms with van der Waals surface area (Å²) in [7, 11) is 0. The van der Waals surface area contributed by atoms with Gasteiger partial charge in [-0.3, -0.25) is 0 Å². The third-order valence-electron chi connectivity index (χ3n) is 5.20. The first-order valence-corrected chi connectivity index (χ1v) is 10.4. The van der Waals surface area contributed by atoms with E-state index in [4.69, 9.17) is 16.7 Å². The first kappa shape index (κ1) is 19.7. The van der Waals surface area contributed by atoms with E-state index in [9.17, 15) is 9.90 Å². The van der Waals surface area contributed by atoms with E-state index in [0.29, 0.717) is 23.1 Å². The molecule has 5 heteroatoms. The molecule has 0 spiro atoms. The van der Waals surface area contributed by atoms with Gasteiger partial charge in [0.1, 0.15) is 4.88 Å². The van der Waals surface area contributed by atoms with Crippen molar-refractivity contribution in [2.75, 3.05) is 0 Å². The molecule has 0 saturated heterocycles. The molecule has 0 unspecified atom stereocenters. The van der Waals surface area contributed by atoms with Crippen LogP contribution in [-0.2, 0) is 6.42 Å². The molecule has 0 amide bonds. The maximum absolute atomic E-state index is 10.9. The van der Waals surface area contributed by atoms with Crippen LogP contribution in [0.4, 0.5) is 0 Å². The van der Waals surface area contributed by atoms with E-state index in [-0.39, 0.29) is 11.5 Å². The van der Waals surface area contributed by atoms with E-state index >= 15 is 0 Å². The average Bonchev–Trinajstić information content (AvgIpc) is 3.10. The van der Waals surface area contributed by atoms with E-state index in [0.717, 1.165) is 30.6 Å². The predicted molar refractivity (Wildman–Crippen MR) is 100 cm³/mol. The second-order valence-corrected chi connectivity index (χ2v) is 8.69. The number of aliphatic hydroxyl groups excluding tert-OH is 1. The molecule has 1 aromatic rings. The van der Waals surface area contributed by atoms with Crippen molar-refractivity contribution in [3.8, 4) is 0 Å². The van der Waals surface area contributed by atoms with Gasteiger partial charge in [-0.15, -0.1) is 22.9 Å². The maximum Gasteiger partial charge on any atom is 0.345 e. The lowest BCUT2D eigenvalue weighted by atomic mass is 9.86. The van der Waals surface area contributed by atoms with Crippen molar-refractivity contribution in [3.63, 3.8) is 0 Å². The molecule has 0 radical (unpaired) electrons. The molecule has 1 aliphatic rings. The van der Waals surface area contributed by atoms with Crippen LogP contribution in [0.15, 0.2) is 12.1 Å². The predicted octanol–water partition coefficient (Wildman–Crippen LogP) is 5.34. The Morgan fingerprint density at radius 3 is 2.62 bits per heavy atom. The van der Waals surface area contributed by atoms with Gasteiger partial charge in [0, 0.05) is 10.3 Å². The van der Waals surface area contributed by atoms with Crippen molar-refractivity contribution in [2.45, 2.75) is 76.2 Å². The Morgan fingerprint density at radius 1 is 1.21 bits per heavy atom. The van der Waals surface area contributed by atoms with E-state index in [1.54, 1.807) is 6.07 Å².